The smallest absolute Gasteiger partial charge is 0.124 e. The molecule has 2 N–H and O–H groups in total. The summed E-state index contributed by atoms with van der Waals surface area (Å²) in [7, 11) is 0. The molecule has 0 radical (unpaired) electrons. The van der Waals surface area contributed by atoms with E-state index < -0.39 is 0 Å². The summed E-state index contributed by atoms with van der Waals surface area (Å²) in [5.74, 6) is 1.95. The van der Waals surface area contributed by atoms with Crippen LogP contribution in [0.25, 0.3) is 0 Å². The summed E-state index contributed by atoms with van der Waals surface area (Å²) in [5, 5.41) is 0. The van der Waals surface area contributed by atoms with Gasteiger partial charge < -0.3 is 10.5 Å². The maximum absolute atomic E-state index is 6.16. The van der Waals surface area contributed by atoms with Gasteiger partial charge in [-0.15, -0.1) is 0 Å². The lowest BCUT2D eigenvalue weighted by molar-refractivity contribution is 0.104. The summed E-state index contributed by atoms with van der Waals surface area (Å²) < 4.78 is 6.16. The minimum atomic E-state index is 0.238. The quantitative estimate of drug-likeness (QED) is 0.847. The fourth-order valence-electron chi connectivity index (χ4n) is 2.24. The Hall–Kier alpha value is -1.02. The lowest BCUT2D eigenvalue weighted by Gasteiger charge is -2.27. The van der Waals surface area contributed by atoms with Crippen LogP contribution in [-0.4, -0.2) is 6.10 Å². The van der Waals surface area contributed by atoms with Gasteiger partial charge in [0.25, 0.3) is 0 Å². The molecule has 0 saturated carbocycles. The topological polar surface area (TPSA) is 35.2 Å². The van der Waals surface area contributed by atoms with Crippen molar-refractivity contribution < 1.29 is 4.74 Å². The van der Waals surface area contributed by atoms with Crippen molar-refractivity contribution in [3.63, 3.8) is 0 Å². The molecule has 96 valence electrons. The molecule has 0 bridgehead atoms. The van der Waals surface area contributed by atoms with Crippen LogP contribution < -0.4 is 10.5 Å². The largest absolute Gasteiger partial charge is 0.490 e. The van der Waals surface area contributed by atoms with Gasteiger partial charge >= 0.3 is 0 Å². The third-order valence-corrected chi connectivity index (χ3v) is 3.15. The van der Waals surface area contributed by atoms with Gasteiger partial charge in [-0.3, -0.25) is 0 Å². The minimum Gasteiger partial charge on any atom is -0.490 e. The number of ether oxygens (including phenoxy) is 1. The summed E-state index contributed by atoms with van der Waals surface area (Å²) in [5.41, 5.74) is 8.13. The molecule has 0 aromatic heterocycles. The van der Waals surface area contributed by atoms with Gasteiger partial charge in [-0.05, 0) is 30.4 Å². The summed E-state index contributed by atoms with van der Waals surface area (Å²) in [6.45, 7) is 11.4. The molecule has 0 saturated heterocycles. The highest BCUT2D eigenvalue weighted by Gasteiger charge is 2.20. The van der Waals surface area contributed by atoms with Crippen LogP contribution in [0, 0.1) is 18.8 Å². The molecule has 1 aromatic carbocycles. The molecular weight excluding hydrogens is 210 g/mol. The first-order valence-corrected chi connectivity index (χ1v) is 6.42. The Morgan fingerprint density at radius 3 is 2.18 bits per heavy atom. The highest BCUT2D eigenvalue weighted by Crippen LogP contribution is 2.26. The van der Waals surface area contributed by atoms with E-state index in [0.29, 0.717) is 18.4 Å². The van der Waals surface area contributed by atoms with Crippen LogP contribution >= 0.6 is 0 Å². The van der Waals surface area contributed by atoms with Crippen LogP contribution in [0.2, 0.25) is 0 Å². The highest BCUT2D eigenvalue weighted by atomic mass is 16.5. The summed E-state index contributed by atoms with van der Waals surface area (Å²) in [6, 6.07) is 6.13. The number of rotatable bonds is 5. The van der Waals surface area contributed by atoms with Crippen LogP contribution in [0.15, 0.2) is 18.2 Å². The lowest BCUT2D eigenvalue weighted by atomic mass is 9.96. The molecule has 0 spiro atoms. The van der Waals surface area contributed by atoms with Crippen LogP contribution in [0.3, 0.4) is 0 Å². The van der Waals surface area contributed by atoms with Crippen molar-refractivity contribution >= 4 is 0 Å². The van der Waals surface area contributed by atoms with Crippen LogP contribution in [0.5, 0.6) is 5.75 Å². The van der Waals surface area contributed by atoms with Gasteiger partial charge in [0.05, 0.1) is 0 Å². The van der Waals surface area contributed by atoms with Crippen molar-refractivity contribution in [3.05, 3.63) is 29.3 Å². The van der Waals surface area contributed by atoms with Gasteiger partial charge in [-0.1, -0.05) is 39.8 Å². The van der Waals surface area contributed by atoms with E-state index in [2.05, 4.69) is 40.7 Å². The zero-order valence-electron chi connectivity index (χ0n) is 11.7. The minimum absolute atomic E-state index is 0.238. The van der Waals surface area contributed by atoms with E-state index in [1.165, 1.54) is 5.56 Å². The SMILES string of the molecule is Cc1cccc(OC(C(C)C)C(C)C)c1CN. The van der Waals surface area contributed by atoms with Gasteiger partial charge in [0.1, 0.15) is 11.9 Å². The number of hydrogen-bond donors (Lipinski definition) is 1. The van der Waals surface area contributed by atoms with E-state index in [9.17, 15) is 0 Å². The maximum Gasteiger partial charge on any atom is 0.124 e. The average Bonchev–Trinajstić information content (AvgIpc) is 2.25. The Morgan fingerprint density at radius 1 is 1.12 bits per heavy atom. The Morgan fingerprint density at radius 2 is 1.71 bits per heavy atom. The number of nitrogens with two attached hydrogens (primary N) is 1. The molecule has 0 aliphatic heterocycles. The van der Waals surface area contributed by atoms with Crippen molar-refractivity contribution in [2.45, 2.75) is 47.3 Å². The van der Waals surface area contributed by atoms with E-state index in [-0.39, 0.29) is 6.10 Å². The van der Waals surface area contributed by atoms with E-state index in [1.807, 2.05) is 12.1 Å². The lowest BCUT2D eigenvalue weighted by Crippen LogP contribution is -2.29. The molecule has 17 heavy (non-hydrogen) atoms. The predicted octanol–water partition coefficient (Wildman–Crippen LogP) is 3.51. The first kappa shape index (κ1) is 14.0. The van der Waals surface area contributed by atoms with Gasteiger partial charge in [-0.2, -0.15) is 0 Å². The molecule has 2 nitrogen and oxygen atoms in total. The molecule has 0 fully saturated rings. The van der Waals surface area contributed by atoms with Gasteiger partial charge in [0.2, 0.25) is 0 Å². The zero-order chi connectivity index (χ0) is 13.0. The molecule has 0 aliphatic rings. The molecular formula is C15H25NO. The fourth-order valence-corrected chi connectivity index (χ4v) is 2.24. The highest BCUT2D eigenvalue weighted by molar-refractivity contribution is 5.39. The van der Waals surface area contributed by atoms with E-state index in [1.54, 1.807) is 0 Å². The molecule has 1 aromatic rings. The second-order valence-electron chi connectivity index (χ2n) is 5.33. The second-order valence-corrected chi connectivity index (χ2v) is 5.33. The Bertz CT molecular complexity index is 350. The summed E-state index contributed by atoms with van der Waals surface area (Å²) in [4.78, 5) is 0. The van der Waals surface area contributed by atoms with Crippen molar-refractivity contribution in [2.24, 2.45) is 17.6 Å². The van der Waals surface area contributed by atoms with Gasteiger partial charge in [-0.25, -0.2) is 0 Å². The van der Waals surface area contributed by atoms with Crippen LogP contribution in [-0.2, 0) is 6.54 Å². The Balaban J connectivity index is 2.97. The van der Waals surface area contributed by atoms with Gasteiger partial charge in [0.15, 0.2) is 0 Å². The molecule has 0 heterocycles. The summed E-state index contributed by atoms with van der Waals surface area (Å²) >= 11 is 0. The number of benzene rings is 1. The third kappa shape index (κ3) is 3.47. The van der Waals surface area contributed by atoms with Crippen molar-refractivity contribution in [3.8, 4) is 5.75 Å². The monoisotopic (exact) mass is 235 g/mol. The number of hydrogen-bond acceptors (Lipinski definition) is 2. The second kappa shape index (κ2) is 6.06. The Kier molecular flexibility index (Phi) is 5.01. The zero-order valence-corrected chi connectivity index (χ0v) is 11.7. The van der Waals surface area contributed by atoms with Crippen LogP contribution in [0.1, 0.15) is 38.8 Å². The molecule has 0 amide bonds. The maximum atomic E-state index is 6.16. The molecule has 0 unspecified atom stereocenters. The standard InChI is InChI=1S/C15H25NO/c1-10(2)15(11(3)4)17-14-8-6-7-12(5)13(14)9-16/h6-8,10-11,15H,9,16H2,1-5H3. The first-order valence-electron chi connectivity index (χ1n) is 6.42. The predicted molar refractivity (Wildman–Crippen MR) is 73.2 cm³/mol. The molecule has 2 heteroatoms. The Labute approximate surface area is 105 Å². The van der Waals surface area contributed by atoms with E-state index in [4.69, 9.17) is 10.5 Å². The van der Waals surface area contributed by atoms with E-state index in [0.717, 1.165) is 11.3 Å². The fraction of sp³-hybridized carbons (Fsp3) is 0.600. The number of aryl methyl sites for hydroxylation is 1. The molecule has 1 rings (SSSR count). The van der Waals surface area contributed by atoms with E-state index >= 15 is 0 Å². The molecule has 0 aliphatic carbocycles. The van der Waals surface area contributed by atoms with Crippen molar-refractivity contribution in [1.29, 1.82) is 0 Å². The van der Waals surface area contributed by atoms with Crippen LogP contribution in [0.4, 0.5) is 0 Å². The summed E-state index contributed by atoms with van der Waals surface area (Å²) in [6.07, 6.45) is 0.238. The molecule has 0 atom stereocenters. The van der Waals surface area contributed by atoms with Gasteiger partial charge in [0, 0.05) is 12.1 Å². The van der Waals surface area contributed by atoms with Crippen molar-refractivity contribution in [2.75, 3.05) is 0 Å². The third-order valence-electron chi connectivity index (χ3n) is 3.15. The van der Waals surface area contributed by atoms with Crippen molar-refractivity contribution in [1.82, 2.24) is 0 Å². The normalized spacial score (nSPS) is 11.6. The first-order chi connectivity index (χ1) is 7.97. The average molecular weight is 235 g/mol.